The number of hydrogen-bond acceptors (Lipinski definition) is 7. The Balaban J connectivity index is 2.16. The number of ether oxygens (including phenoxy) is 1. The molecule has 0 aliphatic carbocycles. The van der Waals surface area contributed by atoms with Gasteiger partial charge in [0.05, 0.1) is 17.9 Å². The second-order valence-electron chi connectivity index (χ2n) is 6.96. The number of nitrogens with zero attached hydrogens (tertiary/aromatic N) is 3. The maximum atomic E-state index is 13.1. The number of alkyl halides is 3. The van der Waals surface area contributed by atoms with Gasteiger partial charge < -0.3 is 9.84 Å². The van der Waals surface area contributed by atoms with Gasteiger partial charge in [-0.25, -0.2) is 4.79 Å². The minimum Gasteiger partial charge on any atom is -0.507 e. The first-order chi connectivity index (χ1) is 15.5. The number of rotatable bonds is 6. The maximum absolute atomic E-state index is 13.1. The largest absolute Gasteiger partial charge is 0.507 e. The van der Waals surface area contributed by atoms with Crippen LogP contribution in [0.3, 0.4) is 0 Å². The average molecular weight is 462 g/mol. The molecule has 0 fully saturated rings. The standard InChI is InChI=1S/C22H21F3N4O4/c1-4-33-21(32)29(12-26)20(31)11-27-28-16-7-13(2)17(14(3)8-16)9-15-5-6-19(30)18(10-15)22(23,24)25/h5-8,10-11,28,30H,4,9H2,1-3H3. The zero-order chi connectivity index (χ0) is 24.8. The second kappa shape index (κ2) is 10.5. The summed E-state index contributed by atoms with van der Waals surface area (Å²) >= 11 is 0. The van der Waals surface area contributed by atoms with Crippen LogP contribution in [0, 0.1) is 25.3 Å². The van der Waals surface area contributed by atoms with E-state index in [2.05, 4.69) is 15.3 Å². The summed E-state index contributed by atoms with van der Waals surface area (Å²) in [5.74, 6) is -1.83. The number of phenolic OH excluding ortho intramolecular Hbond substituents is 1. The van der Waals surface area contributed by atoms with Gasteiger partial charge in [0.25, 0.3) is 5.91 Å². The summed E-state index contributed by atoms with van der Waals surface area (Å²) in [5.41, 5.74) is 4.68. The lowest BCUT2D eigenvalue weighted by molar-refractivity contribution is -0.138. The third-order valence-electron chi connectivity index (χ3n) is 4.58. The van der Waals surface area contributed by atoms with E-state index < -0.39 is 29.5 Å². The van der Waals surface area contributed by atoms with Crippen LogP contribution in [0.25, 0.3) is 0 Å². The molecule has 0 bridgehead atoms. The number of carbonyl (C=O) groups is 2. The van der Waals surface area contributed by atoms with Gasteiger partial charge in [0.1, 0.15) is 12.0 Å². The number of phenols is 1. The number of anilines is 1. The first kappa shape index (κ1) is 25.2. The summed E-state index contributed by atoms with van der Waals surface area (Å²) < 4.78 is 43.8. The molecule has 8 nitrogen and oxygen atoms in total. The van der Waals surface area contributed by atoms with Crippen molar-refractivity contribution < 1.29 is 32.6 Å². The number of halogens is 3. The summed E-state index contributed by atoms with van der Waals surface area (Å²) in [5, 5.41) is 22.1. The molecule has 2 aromatic rings. The summed E-state index contributed by atoms with van der Waals surface area (Å²) in [7, 11) is 0. The fourth-order valence-corrected chi connectivity index (χ4v) is 3.05. The Labute approximate surface area is 187 Å². The third-order valence-corrected chi connectivity index (χ3v) is 4.58. The third kappa shape index (κ3) is 6.46. The Morgan fingerprint density at radius 2 is 1.88 bits per heavy atom. The molecule has 174 valence electrons. The normalized spacial score (nSPS) is 11.2. The van der Waals surface area contributed by atoms with E-state index in [1.54, 1.807) is 26.0 Å². The molecule has 2 aromatic carbocycles. The molecular weight excluding hydrogens is 441 g/mol. The van der Waals surface area contributed by atoms with Crippen LogP contribution in [0.15, 0.2) is 35.4 Å². The number of nitriles is 1. The summed E-state index contributed by atoms with van der Waals surface area (Å²) in [6.45, 7) is 5.06. The van der Waals surface area contributed by atoms with Gasteiger partial charge >= 0.3 is 12.3 Å². The van der Waals surface area contributed by atoms with E-state index in [4.69, 9.17) is 5.26 Å². The van der Waals surface area contributed by atoms with Crippen molar-refractivity contribution in [2.75, 3.05) is 12.0 Å². The van der Waals surface area contributed by atoms with E-state index in [-0.39, 0.29) is 17.9 Å². The lowest BCUT2D eigenvalue weighted by atomic mass is 9.94. The molecule has 0 heterocycles. The summed E-state index contributed by atoms with van der Waals surface area (Å²) in [6.07, 6.45) is -3.42. The van der Waals surface area contributed by atoms with Crippen LogP contribution in [0.2, 0.25) is 0 Å². The number of nitrogens with one attached hydrogen (secondary N) is 1. The fraction of sp³-hybridized carbons (Fsp3) is 0.273. The molecule has 2 amide bonds. The quantitative estimate of drug-likeness (QED) is 0.283. The molecule has 0 saturated heterocycles. The van der Waals surface area contributed by atoms with Crippen LogP contribution < -0.4 is 5.43 Å². The van der Waals surface area contributed by atoms with Crippen LogP contribution in [0.5, 0.6) is 5.75 Å². The van der Waals surface area contributed by atoms with Gasteiger partial charge in [-0.15, -0.1) is 4.90 Å². The Hall–Kier alpha value is -4.07. The van der Waals surface area contributed by atoms with E-state index in [1.165, 1.54) is 19.2 Å². The van der Waals surface area contributed by atoms with Crippen LogP contribution >= 0.6 is 0 Å². The highest BCUT2D eigenvalue weighted by Crippen LogP contribution is 2.36. The number of aromatic hydroxyl groups is 1. The van der Waals surface area contributed by atoms with E-state index in [0.717, 1.165) is 35.0 Å². The van der Waals surface area contributed by atoms with Crippen molar-refractivity contribution in [2.24, 2.45) is 5.10 Å². The van der Waals surface area contributed by atoms with Crippen LogP contribution in [-0.2, 0) is 22.1 Å². The zero-order valence-electron chi connectivity index (χ0n) is 18.0. The first-order valence-electron chi connectivity index (χ1n) is 9.66. The Kier molecular flexibility index (Phi) is 8.01. The van der Waals surface area contributed by atoms with Gasteiger partial charge in [-0.1, -0.05) is 6.07 Å². The van der Waals surface area contributed by atoms with Crippen LogP contribution in [0.4, 0.5) is 23.7 Å². The number of imide groups is 1. The molecule has 0 radical (unpaired) electrons. The van der Waals surface area contributed by atoms with Crippen molar-refractivity contribution in [3.8, 4) is 11.9 Å². The van der Waals surface area contributed by atoms with Gasteiger partial charge in [0, 0.05) is 0 Å². The molecular formula is C22H21F3N4O4. The number of hydrogen-bond donors (Lipinski definition) is 2. The molecule has 2 N–H and O–H groups in total. The van der Waals surface area contributed by atoms with E-state index in [1.807, 2.05) is 0 Å². The van der Waals surface area contributed by atoms with Crippen LogP contribution in [-0.4, -0.2) is 34.8 Å². The zero-order valence-corrected chi connectivity index (χ0v) is 18.0. The number of aryl methyl sites for hydroxylation is 2. The molecule has 0 spiro atoms. The second-order valence-corrected chi connectivity index (χ2v) is 6.96. The minimum absolute atomic E-state index is 0.00769. The van der Waals surface area contributed by atoms with Crippen molar-refractivity contribution in [3.05, 3.63) is 58.1 Å². The first-order valence-corrected chi connectivity index (χ1v) is 9.66. The average Bonchev–Trinajstić information content (AvgIpc) is 2.72. The van der Waals surface area contributed by atoms with E-state index in [0.29, 0.717) is 11.3 Å². The molecule has 0 aliphatic heterocycles. The topological polar surface area (TPSA) is 115 Å². The fourth-order valence-electron chi connectivity index (χ4n) is 3.05. The van der Waals surface area contributed by atoms with Crippen molar-refractivity contribution >= 4 is 23.9 Å². The number of carbonyl (C=O) groups excluding carboxylic acids is 2. The van der Waals surface area contributed by atoms with Gasteiger partial charge in [0.15, 0.2) is 6.19 Å². The van der Waals surface area contributed by atoms with Crippen molar-refractivity contribution in [3.63, 3.8) is 0 Å². The minimum atomic E-state index is -4.66. The smallest absolute Gasteiger partial charge is 0.430 e. The highest BCUT2D eigenvalue weighted by atomic mass is 19.4. The van der Waals surface area contributed by atoms with Gasteiger partial charge in [-0.3, -0.25) is 10.2 Å². The molecule has 0 unspecified atom stereocenters. The van der Waals surface area contributed by atoms with Crippen molar-refractivity contribution in [1.29, 1.82) is 5.26 Å². The van der Waals surface area contributed by atoms with Gasteiger partial charge in [-0.05, 0) is 73.7 Å². The lowest BCUT2D eigenvalue weighted by Gasteiger charge is -2.15. The predicted octanol–water partition coefficient (Wildman–Crippen LogP) is 4.48. The van der Waals surface area contributed by atoms with Gasteiger partial charge in [-0.2, -0.15) is 23.5 Å². The molecule has 2 rings (SSSR count). The van der Waals surface area contributed by atoms with Gasteiger partial charge in [0.2, 0.25) is 0 Å². The molecule has 0 atom stereocenters. The molecule has 0 saturated carbocycles. The maximum Gasteiger partial charge on any atom is 0.430 e. The molecule has 33 heavy (non-hydrogen) atoms. The monoisotopic (exact) mass is 462 g/mol. The van der Waals surface area contributed by atoms with E-state index >= 15 is 0 Å². The summed E-state index contributed by atoms with van der Waals surface area (Å²) in [6, 6.07) is 6.73. The number of benzene rings is 2. The van der Waals surface area contributed by atoms with Crippen molar-refractivity contribution in [2.45, 2.75) is 33.4 Å². The highest BCUT2D eigenvalue weighted by molar-refractivity contribution is 6.30. The van der Waals surface area contributed by atoms with E-state index in [9.17, 15) is 27.9 Å². The number of hydrazone groups is 1. The summed E-state index contributed by atoms with van der Waals surface area (Å²) in [4.78, 5) is 23.6. The highest BCUT2D eigenvalue weighted by Gasteiger charge is 2.34. The van der Waals surface area contributed by atoms with Crippen molar-refractivity contribution in [1.82, 2.24) is 4.90 Å². The molecule has 0 aliphatic rings. The Morgan fingerprint density at radius 1 is 1.24 bits per heavy atom. The lowest BCUT2D eigenvalue weighted by Crippen LogP contribution is -2.34. The molecule has 11 heteroatoms. The SMILES string of the molecule is CCOC(=O)N(C#N)C(=O)C=NNc1cc(C)c(Cc2ccc(O)c(C(F)(F)F)c2)c(C)c1. The Morgan fingerprint density at radius 3 is 2.42 bits per heavy atom. The predicted molar refractivity (Wildman–Crippen MR) is 113 cm³/mol. The van der Waals surface area contributed by atoms with Crippen LogP contribution in [0.1, 0.15) is 34.7 Å². The molecule has 0 aromatic heterocycles. The number of amides is 2. The Bertz CT molecular complexity index is 1100.